The second-order valence-electron chi connectivity index (χ2n) is 9.51. The Labute approximate surface area is 217 Å². The van der Waals surface area contributed by atoms with Crippen LogP contribution in [0.3, 0.4) is 0 Å². The van der Waals surface area contributed by atoms with Crippen molar-refractivity contribution in [1.29, 1.82) is 0 Å². The SMILES string of the molecule is CCCC(NC(=O)[C@H](CS(=O)(=O)Cc1ccccc1)NC1CCOCC1)[C@H](O)c1nc2ccccc2o1. The van der Waals surface area contributed by atoms with Crippen LogP contribution in [0.1, 0.15) is 50.2 Å². The second-order valence-corrected chi connectivity index (χ2v) is 11.6. The fraction of sp³-hybridized carbons (Fsp3) is 0.481. The molecule has 37 heavy (non-hydrogen) atoms. The lowest BCUT2D eigenvalue weighted by Crippen LogP contribution is -2.55. The lowest BCUT2D eigenvalue weighted by Gasteiger charge is -2.30. The highest BCUT2D eigenvalue weighted by Gasteiger charge is 2.33. The van der Waals surface area contributed by atoms with E-state index in [1.54, 1.807) is 36.4 Å². The zero-order valence-electron chi connectivity index (χ0n) is 21.0. The lowest BCUT2D eigenvalue weighted by molar-refractivity contribution is -0.124. The molecule has 1 fully saturated rings. The minimum Gasteiger partial charge on any atom is -0.438 e. The van der Waals surface area contributed by atoms with Crippen molar-refractivity contribution in [2.24, 2.45) is 0 Å². The Morgan fingerprint density at radius 2 is 1.81 bits per heavy atom. The molecule has 200 valence electrons. The van der Waals surface area contributed by atoms with Crippen molar-refractivity contribution in [3.63, 3.8) is 0 Å². The number of carbonyl (C=O) groups excluding carboxylic acids is 1. The van der Waals surface area contributed by atoms with E-state index < -0.39 is 33.9 Å². The minimum absolute atomic E-state index is 0.0389. The molecule has 3 N–H and O–H groups in total. The van der Waals surface area contributed by atoms with E-state index in [0.717, 1.165) is 0 Å². The van der Waals surface area contributed by atoms with Crippen LogP contribution in [-0.4, -0.2) is 61.5 Å². The smallest absolute Gasteiger partial charge is 0.238 e. The molecule has 1 aliphatic heterocycles. The summed E-state index contributed by atoms with van der Waals surface area (Å²) in [7, 11) is -3.62. The summed E-state index contributed by atoms with van der Waals surface area (Å²) < 4.78 is 37.4. The number of nitrogens with one attached hydrogen (secondary N) is 2. The lowest BCUT2D eigenvalue weighted by atomic mass is 10.0. The molecule has 4 rings (SSSR count). The Bertz CT molecular complexity index is 1220. The number of aliphatic hydroxyl groups excluding tert-OH is 1. The van der Waals surface area contributed by atoms with E-state index in [1.165, 1.54) is 0 Å². The average molecular weight is 530 g/mol. The number of carbonyl (C=O) groups is 1. The largest absolute Gasteiger partial charge is 0.438 e. The monoisotopic (exact) mass is 529 g/mol. The molecule has 1 unspecified atom stereocenters. The molecule has 1 amide bonds. The van der Waals surface area contributed by atoms with Crippen LogP contribution in [0.15, 0.2) is 59.0 Å². The molecule has 0 bridgehead atoms. The molecule has 0 aliphatic carbocycles. The molecule has 0 radical (unpaired) electrons. The fourth-order valence-electron chi connectivity index (χ4n) is 4.58. The Kier molecular flexibility index (Phi) is 9.31. The van der Waals surface area contributed by atoms with Gasteiger partial charge in [0.05, 0.1) is 17.5 Å². The van der Waals surface area contributed by atoms with Crippen molar-refractivity contribution in [3.8, 4) is 0 Å². The summed E-state index contributed by atoms with van der Waals surface area (Å²) in [6.07, 6.45) is 1.35. The first-order valence-corrected chi connectivity index (χ1v) is 14.6. The Morgan fingerprint density at radius 1 is 1.11 bits per heavy atom. The number of fused-ring (bicyclic) bond motifs is 1. The summed E-state index contributed by atoms with van der Waals surface area (Å²) >= 11 is 0. The third-order valence-electron chi connectivity index (χ3n) is 6.50. The number of sulfone groups is 1. The van der Waals surface area contributed by atoms with Crippen LogP contribution in [0.5, 0.6) is 0 Å². The molecule has 10 heteroatoms. The zero-order chi connectivity index (χ0) is 26.3. The van der Waals surface area contributed by atoms with Crippen molar-refractivity contribution in [3.05, 3.63) is 66.1 Å². The Hall–Kier alpha value is -2.79. The van der Waals surface area contributed by atoms with E-state index in [-0.39, 0.29) is 23.4 Å². The van der Waals surface area contributed by atoms with Gasteiger partial charge in [0.2, 0.25) is 11.8 Å². The molecule has 1 aliphatic rings. The van der Waals surface area contributed by atoms with Gasteiger partial charge in [-0.05, 0) is 37.0 Å². The maximum absolute atomic E-state index is 13.5. The van der Waals surface area contributed by atoms with Crippen molar-refractivity contribution in [2.45, 2.75) is 62.6 Å². The molecule has 9 nitrogen and oxygen atoms in total. The van der Waals surface area contributed by atoms with Crippen LogP contribution in [0.25, 0.3) is 11.1 Å². The summed E-state index contributed by atoms with van der Waals surface area (Å²) in [5.41, 5.74) is 1.83. The molecule has 3 atom stereocenters. The number of nitrogens with zero attached hydrogens (tertiary/aromatic N) is 1. The van der Waals surface area contributed by atoms with Gasteiger partial charge in [-0.15, -0.1) is 0 Å². The van der Waals surface area contributed by atoms with Gasteiger partial charge in [0.25, 0.3) is 0 Å². The van der Waals surface area contributed by atoms with Gasteiger partial charge in [0, 0.05) is 19.3 Å². The van der Waals surface area contributed by atoms with Crippen LogP contribution in [0.2, 0.25) is 0 Å². The Morgan fingerprint density at radius 3 is 2.51 bits per heavy atom. The number of amides is 1. The number of aromatic nitrogens is 1. The number of benzene rings is 2. The quantitative estimate of drug-likeness (QED) is 0.327. The van der Waals surface area contributed by atoms with E-state index in [9.17, 15) is 18.3 Å². The topological polar surface area (TPSA) is 131 Å². The minimum atomic E-state index is -3.62. The van der Waals surface area contributed by atoms with Gasteiger partial charge in [-0.3, -0.25) is 4.79 Å². The summed E-state index contributed by atoms with van der Waals surface area (Å²) in [5, 5.41) is 17.2. The first-order valence-electron chi connectivity index (χ1n) is 12.8. The first kappa shape index (κ1) is 27.3. The molecule has 1 saturated heterocycles. The van der Waals surface area contributed by atoms with Crippen molar-refractivity contribution in [2.75, 3.05) is 19.0 Å². The highest BCUT2D eigenvalue weighted by molar-refractivity contribution is 7.90. The number of aliphatic hydroxyl groups is 1. The highest BCUT2D eigenvalue weighted by atomic mass is 32.2. The van der Waals surface area contributed by atoms with Crippen LogP contribution in [0.4, 0.5) is 0 Å². The molecular formula is C27H35N3O6S. The molecule has 2 heterocycles. The Balaban J connectivity index is 1.51. The van der Waals surface area contributed by atoms with Crippen LogP contribution < -0.4 is 10.6 Å². The van der Waals surface area contributed by atoms with Gasteiger partial charge in [-0.25, -0.2) is 13.4 Å². The van der Waals surface area contributed by atoms with Crippen LogP contribution >= 0.6 is 0 Å². The normalized spacial score (nSPS) is 17.4. The summed E-state index contributed by atoms with van der Waals surface area (Å²) in [6, 6.07) is 14.4. The predicted octanol–water partition coefficient (Wildman–Crippen LogP) is 2.90. The van der Waals surface area contributed by atoms with Gasteiger partial charge in [0.1, 0.15) is 11.6 Å². The third kappa shape index (κ3) is 7.61. The summed E-state index contributed by atoms with van der Waals surface area (Å²) in [4.78, 5) is 17.9. The first-order chi connectivity index (χ1) is 17.8. The van der Waals surface area contributed by atoms with E-state index >= 15 is 0 Å². The van der Waals surface area contributed by atoms with Gasteiger partial charge < -0.3 is 24.9 Å². The molecule has 1 aromatic heterocycles. The average Bonchev–Trinajstić information content (AvgIpc) is 3.33. The molecule has 3 aromatic rings. The number of para-hydroxylation sites is 2. The van der Waals surface area contributed by atoms with E-state index in [4.69, 9.17) is 9.15 Å². The van der Waals surface area contributed by atoms with Crippen LogP contribution in [-0.2, 0) is 25.1 Å². The highest BCUT2D eigenvalue weighted by Crippen LogP contribution is 2.24. The molecule has 2 aromatic carbocycles. The number of hydrogen-bond acceptors (Lipinski definition) is 8. The fourth-order valence-corrected chi connectivity index (χ4v) is 6.15. The van der Waals surface area contributed by atoms with Gasteiger partial charge in [-0.1, -0.05) is 55.8 Å². The summed E-state index contributed by atoms with van der Waals surface area (Å²) in [6.45, 7) is 3.05. The molecule has 0 spiro atoms. The second kappa shape index (κ2) is 12.6. The van der Waals surface area contributed by atoms with Gasteiger partial charge in [0.15, 0.2) is 21.5 Å². The van der Waals surface area contributed by atoms with Gasteiger partial charge >= 0.3 is 0 Å². The van der Waals surface area contributed by atoms with E-state index in [0.29, 0.717) is 55.6 Å². The standard InChI is InChI=1S/C27H35N3O6S/c1-2-8-22(25(31)27-30-21-11-6-7-12-24(21)36-27)29-26(32)23(28-20-13-15-35-16-14-20)18-37(33,34)17-19-9-4-3-5-10-19/h3-7,9-12,20,22-23,25,28,31H,2,8,13-18H2,1H3,(H,29,32)/t22?,23-,25-/m0/s1. The van der Waals surface area contributed by atoms with Gasteiger partial charge in [-0.2, -0.15) is 0 Å². The molecular weight excluding hydrogens is 494 g/mol. The molecule has 0 saturated carbocycles. The maximum atomic E-state index is 13.5. The van der Waals surface area contributed by atoms with E-state index in [1.807, 2.05) is 25.1 Å². The predicted molar refractivity (Wildman–Crippen MR) is 141 cm³/mol. The van der Waals surface area contributed by atoms with Crippen molar-refractivity contribution < 1.29 is 27.5 Å². The van der Waals surface area contributed by atoms with Crippen molar-refractivity contribution >= 4 is 26.8 Å². The number of ether oxygens (including phenoxy) is 1. The van der Waals surface area contributed by atoms with Crippen LogP contribution in [0, 0.1) is 0 Å². The summed E-state index contributed by atoms with van der Waals surface area (Å²) in [5.74, 6) is -0.873. The number of oxazole rings is 1. The number of rotatable bonds is 12. The zero-order valence-corrected chi connectivity index (χ0v) is 21.8. The third-order valence-corrected chi connectivity index (χ3v) is 8.11. The van der Waals surface area contributed by atoms with E-state index in [2.05, 4.69) is 15.6 Å². The maximum Gasteiger partial charge on any atom is 0.238 e. The number of hydrogen-bond donors (Lipinski definition) is 3. The van der Waals surface area contributed by atoms with Crippen molar-refractivity contribution in [1.82, 2.24) is 15.6 Å².